The summed E-state index contributed by atoms with van der Waals surface area (Å²) in [7, 11) is 0. The van der Waals surface area contributed by atoms with Crippen LogP contribution in [0.1, 0.15) is 11.1 Å². The van der Waals surface area contributed by atoms with Crippen molar-refractivity contribution in [3.63, 3.8) is 0 Å². The first-order valence-electron chi connectivity index (χ1n) is 7.82. The standard InChI is InChI=1S/C18H17N3O3/c19-17(22)15-9-12-5-1-2-6-13(12)10-20(15)11-21-14-7-3-4-8-16(14)24-18(21)23/h1-8,15H,9-11H2,(H2,19,22)/t15-/m0/s1. The summed E-state index contributed by atoms with van der Waals surface area (Å²) >= 11 is 0. The van der Waals surface area contributed by atoms with Gasteiger partial charge in [0.1, 0.15) is 0 Å². The van der Waals surface area contributed by atoms with Crippen LogP contribution in [0.2, 0.25) is 0 Å². The molecule has 0 saturated carbocycles. The van der Waals surface area contributed by atoms with Gasteiger partial charge in [-0.25, -0.2) is 4.79 Å². The first-order valence-corrected chi connectivity index (χ1v) is 7.82. The minimum absolute atomic E-state index is 0.262. The zero-order valence-corrected chi connectivity index (χ0v) is 13.0. The van der Waals surface area contributed by atoms with E-state index in [4.69, 9.17) is 10.2 Å². The largest absolute Gasteiger partial charge is 0.421 e. The molecule has 0 aliphatic carbocycles. The van der Waals surface area contributed by atoms with Gasteiger partial charge in [0.05, 0.1) is 18.2 Å². The highest BCUT2D eigenvalue weighted by atomic mass is 16.4. The molecule has 122 valence electrons. The van der Waals surface area contributed by atoms with Crippen LogP contribution in [0, 0.1) is 0 Å². The molecule has 0 bridgehead atoms. The average Bonchev–Trinajstić information content (AvgIpc) is 2.90. The minimum atomic E-state index is -0.444. The van der Waals surface area contributed by atoms with E-state index >= 15 is 0 Å². The number of carbonyl (C=O) groups is 1. The van der Waals surface area contributed by atoms with Crippen molar-refractivity contribution in [1.29, 1.82) is 0 Å². The topological polar surface area (TPSA) is 81.5 Å². The Morgan fingerprint density at radius 3 is 2.62 bits per heavy atom. The van der Waals surface area contributed by atoms with Gasteiger partial charge in [-0.05, 0) is 29.7 Å². The summed E-state index contributed by atoms with van der Waals surface area (Å²) in [6.07, 6.45) is 0.552. The summed E-state index contributed by atoms with van der Waals surface area (Å²) in [5.41, 5.74) is 9.13. The zero-order chi connectivity index (χ0) is 16.7. The molecular weight excluding hydrogens is 306 g/mol. The van der Waals surface area contributed by atoms with Crippen molar-refractivity contribution in [2.45, 2.75) is 25.7 Å². The maximum atomic E-state index is 12.2. The summed E-state index contributed by atoms with van der Waals surface area (Å²) < 4.78 is 6.81. The van der Waals surface area contributed by atoms with E-state index in [0.717, 1.165) is 11.1 Å². The number of para-hydroxylation sites is 2. The lowest BCUT2D eigenvalue weighted by Gasteiger charge is -2.34. The molecule has 0 radical (unpaired) electrons. The van der Waals surface area contributed by atoms with Gasteiger partial charge in [-0.1, -0.05) is 36.4 Å². The average molecular weight is 323 g/mol. The number of aromatic nitrogens is 1. The predicted molar refractivity (Wildman–Crippen MR) is 89.1 cm³/mol. The van der Waals surface area contributed by atoms with Crippen molar-refractivity contribution >= 4 is 17.0 Å². The zero-order valence-electron chi connectivity index (χ0n) is 13.0. The monoisotopic (exact) mass is 323 g/mol. The predicted octanol–water partition coefficient (Wildman–Crippen LogP) is 1.46. The van der Waals surface area contributed by atoms with Gasteiger partial charge in [0.25, 0.3) is 0 Å². The number of primary amides is 1. The molecule has 6 nitrogen and oxygen atoms in total. The number of rotatable bonds is 3. The fourth-order valence-electron chi connectivity index (χ4n) is 3.34. The first-order chi connectivity index (χ1) is 11.6. The Bertz CT molecular complexity index is 973. The Morgan fingerprint density at radius 1 is 1.12 bits per heavy atom. The second kappa shape index (κ2) is 5.65. The van der Waals surface area contributed by atoms with E-state index < -0.39 is 11.8 Å². The molecule has 2 heterocycles. The maximum Gasteiger partial charge on any atom is 0.421 e. The fraction of sp³-hybridized carbons (Fsp3) is 0.222. The number of hydrogen-bond donors (Lipinski definition) is 1. The van der Waals surface area contributed by atoms with E-state index in [1.165, 1.54) is 0 Å². The van der Waals surface area contributed by atoms with Crippen LogP contribution in [0.15, 0.2) is 57.7 Å². The minimum Gasteiger partial charge on any atom is -0.408 e. The summed E-state index contributed by atoms with van der Waals surface area (Å²) in [4.78, 5) is 26.0. The van der Waals surface area contributed by atoms with Crippen LogP contribution >= 0.6 is 0 Å². The van der Waals surface area contributed by atoms with Gasteiger partial charge in [0.2, 0.25) is 5.91 Å². The molecule has 2 aromatic carbocycles. The molecule has 24 heavy (non-hydrogen) atoms. The summed E-state index contributed by atoms with van der Waals surface area (Å²) in [5.74, 6) is -0.816. The third-order valence-electron chi connectivity index (χ3n) is 4.57. The van der Waals surface area contributed by atoms with Gasteiger partial charge < -0.3 is 10.2 Å². The quantitative estimate of drug-likeness (QED) is 0.791. The molecular formula is C18H17N3O3. The van der Waals surface area contributed by atoms with Crippen LogP contribution in [0.3, 0.4) is 0 Å². The van der Waals surface area contributed by atoms with Crippen LogP contribution in [0.4, 0.5) is 0 Å². The number of hydrogen-bond acceptors (Lipinski definition) is 4. The van der Waals surface area contributed by atoms with E-state index in [1.807, 2.05) is 47.4 Å². The van der Waals surface area contributed by atoms with E-state index in [0.29, 0.717) is 24.1 Å². The Hall–Kier alpha value is -2.86. The second-order valence-electron chi connectivity index (χ2n) is 6.04. The number of benzene rings is 2. The molecule has 0 saturated heterocycles. The van der Waals surface area contributed by atoms with Crippen LogP contribution < -0.4 is 11.5 Å². The molecule has 1 atom stereocenters. The summed E-state index contributed by atoms with van der Waals surface area (Å²) in [5, 5.41) is 0. The van der Waals surface area contributed by atoms with Crippen molar-refractivity contribution in [2.24, 2.45) is 5.73 Å². The Balaban J connectivity index is 1.73. The van der Waals surface area contributed by atoms with Crippen molar-refractivity contribution in [1.82, 2.24) is 9.47 Å². The number of nitrogens with two attached hydrogens (primary N) is 1. The summed E-state index contributed by atoms with van der Waals surface area (Å²) in [6, 6.07) is 14.8. The van der Waals surface area contributed by atoms with Crippen LogP contribution in [-0.4, -0.2) is 21.4 Å². The van der Waals surface area contributed by atoms with Crippen LogP contribution in [0.25, 0.3) is 11.1 Å². The van der Waals surface area contributed by atoms with Crippen molar-refractivity contribution < 1.29 is 9.21 Å². The normalized spacial score (nSPS) is 17.8. The van der Waals surface area contributed by atoms with Gasteiger partial charge in [-0.2, -0.15) is 0 Å². The van der Waals surface area contributed by atoms with E-state index in [-0.39, 0.29) is 12.6 Å². The maximum absolute atomic E-state index is 12.2. The van der Waals surface area contributed by atoms with Crippen molar-refractivity contribution in [3.8, 4) is 0 Å². The highest BCUT2D eigenvalue weighted by Crippen LogP contribution is 2.24. The molecule has 6 heteroatoms. The van der Waals surface area contributed by atoms with Gasteiger partial charge in [-0.15, -0.1) is 0 Å². The molecule has 0 unspecified atom stereocenters. The smallest absolute Gasteiger partial charge is 0.408 e. The van der Waals surface area contributed by atoms with E-state index in [9.17, 15) is 9.59 Å². The lowest BCUT2D eigenvalue weighted by molar-refractivity contribution is -0.124. The van der Waals surface area contributed by atoms with Gasteiger partial charge in [-0.3, -0.25) is 14.3 Å². The number of carbonyl (C=O) groups excluding carboxylic acids is 1. The van der Waals surface area contributed by atoms with E-state index in [2.05, 4.69) is 0 Å². The number of oxazole rings is 1. The molecule has 2 N–H and O–H groups in total. The molecule has 1 aromatic heterocycles. The number of amides is 1. The molecule has 0 spiro atoms. The Labute approximate surface area is 138 Å². The van der Waals surface area contributed by atoms with Crippen LogP contribution in [0.5, 0.6) is 0 Å². The molecule has 0 fully saturated rings. The summed E-state index contributed by atoms with van der Waals surface area (Å²) in [6.45, 7) is 0.827. The lowest BCUT2D eigenvalue weighted by atomic mass is 9.94. The van der Waals surface area contributed by atoms with Gasteiger partial charge in [0.15, 0.2) is 5.58 Å². The molecule has 1 aliphatic heterocycles. The third kappa shape index (κ3) is 2.41. The Morgan fingerprint density at radius 2 is 1.83 bits per heavy atom. The fourth-order valence-corrected chi connectivity index (χ4v) is 3.34. The third-order valence-corrected chi connectivity index (χ3v) is 4.57. The molecule has 4 rings (SSSR count). The highest BCUT2D eigenvalue weighted by Gasteiger charge is 2.30. The molecule has 3 aromatic rings. The second-order valence-corrected chi connectivity index (χ2v) is 6.04. The lowest BCUT2D eigenvalue weighted by Crippen LogP contribution is -2.49. The van der Waals surface area contributed by atoms with Crippen molar-refractivity contribution in [3.05, 3.63) is 70.2 Å². The Kier molecular flexibility index (Phi) is 3.46. The van der Waals surface area contributed by atoms with Crippen LogP contribution in [-0.2, 0) is 24.4 Å². The number of nitrogens with zero attached hydrogens (tertiary/aromatic N) is 2. The van der Waals surface area contributed by atoms with Gasteiger partial charge in [0, 0.05) is 6.54 Å². The number of fused-ring (bicyclic) bond motifs is 2. The molecule has 1 aliphatic rings. The van der Waals surface area contributed by atoms with Gasteiger partial charge >= 0.3 is 5.76 Å². The molecule has 1 amide bonds. The SMILES string of the molecule is NC(=O)[C@@H]1Cc2ccccc2CN1Cn1c(=O)oc2ccccc21. The van der Waals surface area contributed by atoms with E-state index in [1.54, 1.807) is 10.6 Å². The first kappa shape index (κ1) is 14.7. The van der Waals surface area contributed by atoms with Crippen molar-refractivity contribution in [2.75, 3.05) is 0 Å². The highest BCUT2D eigenvalue weighted by molar-refractivity contribution is 5.80.